The standard InChI is InChI=1S/C8H13F3N2/c1-7(5-12)6-13(2)4-3-8(9,10)11/h7H,3-4,6H2,1-2H3. The Kier molecular flexibility index (Phi) is 4.78. The van der Waals surface area contributed by atoms with E-state index >= 15 is 0 Å². The smallest absolute Gasteiger partial charge is 0.305 e. The Hall–Kier alpha value is -0.760. The number of alkyl halides is 3. The van der Waals surface area contributed by atoms with Crippen molar-refractivity contribution in [3.8, 4) is 6.07 Å². The molecule has 0 amide bonds. The fourth-order valence-electron chi connectivity index (χ4n) is 0.917. The Morgan fingerprint density at radius 2 is 2.00 bits per heavy atom. The minimum Gasteiger partial charge on any atom is -0.305 e. The van der Waals surface area contributed by atoms with Gasteiger partial charge in [0.1, 0.15) is 0 Å². The molecule has 5 heteroatoms. The highest BCUT2D eigenvalue weighted by Crippen LogP contribution is 2.19. The second kappa shape index (κ2) is 5.07. The van der Waals surface area contributed by atoms with Crippen molar-refractivity contribution in [3.63, 3.8) is 0 Å². The Bertz CT molecular complexity index is 183. The van der Waals surface area contributed by atoms with Gasteiger partial charge in [0.15, 0.2) is 0 Å². The van der Waals surface area contributed by atoms with Gasteiger partial charge in [-0.05, 0) is 14.0 Å². The number of nitriles is 1. The molecule has 0 aliphatic rings. The maximum Gasteiger partial charge on any atom is 0.390 e. The minimum absolute atomic E-state index is 0.0461. The average molecular weight is 194 g/mol. The molecule has 0 aromatic heterocycles. The van der Waals surface area contributed by atoms with Gasteiger partial charge in [-0.1, -0.05) is 0 Å². The van der Waals surface area contributed by atoms with Gasteiger partial charge in [0.05, 0.1) is 18.4 Å². The van der Waals surface area contributed by atoms with E-state index in [4.69, 9.17) is 5.26 Å². The van der Waals surface area contributed by atoms with Gasteiger partial charge in [0.2, 0.25) is 0 Å². The highest BCUT2D eigenvalue weighted by atomic mass is 19.4. The molecule has 0 saturated carbocycles. The fraction of sp³-hybridized carbons (Fsp3) is 0.875. The molecule has 0 saturated heterocycles. The van der Waals surface area contributed by atoms with Crippen LogP contribution in [0.2, 0.25) is 0 Å². The van der Waals surface area contributed by atoms with E-state index in [0.29, 0.717) is 6.54 Å². The number of hydrogen-bond donors (Lipinski definition) is 0. The highest BCUT2D eigenvalue weighted by molar-refractivity contribution is 4.80. The molecule has 0 aromatic carbocycles. The maximum absolute atomic E-state index is 11.7. The normalized spacial score (nSPS) is 14.2. The lowest BCUT2D eigenvalue weighted by molar-refractivity contribution is -0.137. The van der Waals surface area contributed by atoms with Gasteiger partial charge in [-0.15, -0.1) is 0 Å². The third kappa shape index (κ3) is 7.60. The van der Waals surface area contributed by atoms with Crippen LogP contribution in [0.1, 0.15) is 13.3 Å². The number of rotatable bonds is 4. The first-order chi connectivity index (χ1) is 5.85. The van der Waals surface area contributed by atoms with Crippen LogP contribution in [0.15, 0.2) is 0 Å². The van der Waals surface area contributed by atoms with Crippen LogP contribution in [0.25, 0.3) is 0 Å². The Labute approximate surface area is 75.9 Å². The molecule has 2 nitrogen and oxygen atoms in total. The van der Waals surface area contributed by atoms with Crippen LogP contribution in [0.3, 0.4) is 0 Å². The summed E-state index contributed by atoms with van der Waals surface area (Å²) in [6.45, 7) is 2.02. The van der Waals surface area contributed by atoms with Crippen LogP contribution in [-0.2, 0) is 0 Å². The first-order valence-corrected chi connectivity index (χ1v) is 4.00. The van der Waals surface area contributed by atoms with Crippen molar-refractivity contribution in [1.82, 2.24) is 4.90 Å². The summed E-state index contributed by atoms with van der Waals surface area (Å²) in [5.41, 5.74) is 0. The zero-order chi connectivity index (χ0) is 10.5. The zero-order valence-electron chi connectivity index (χ0n) is 7.73. The van der Waals surface area contributed by atoms with Crippen molar-refractivity contribution in [1.29, 1.82) is 5.26 Å². The largest absolute Gasteiger partial charge is 0.390 e. The summed E-state index contributed by atoms with van der Waals surface area (Å²) in [5.74, 6) is -0.224. The Morgan fingerprint density at radius 3 is 2.38 bits per heavy atom. The molecular formula is C8H13F3N2. The van der Waals surface area contributed by atoms with Crippen LogP contribution >= 0.6 is 0 Å². The number of nitrogens with zero attached hydrogens (tertiary/aromatic N) is 2. The first kappa shape index (κ1) is 12.2. The van der Waals surface area contributed by atoms with Crippen LogP contribution in [0, 0.1) is 17.2 Å². The lowest BCUT2D eigenvalue weighted by atomic mass is 10.2. The molecule has 0 rings (SSSR count). The first-order valence-electron chi connectivity index (χ1n) is 4.00. The predicted molar refractivity (Wildman–Crippen MR) is 42.9 cm³/mol. The van der Waals surface area contributed by atoms with Crippen LogP contribution in [-0.4, -0.2) is 31.2 Å². The molecule has 0 heterocycles. The predicted octanol–water partition coefficient (Wildman–Crippen LogP) is 2.03. The molecule has 0 aliphatic heterocycles. The van der Waals surface area contributed by atoms with Crippen LogP contribution in [0.4, 0.5) is 13.2 Å². The Balaban J connectivity index is 3.65. The monoisotopic (exact) mass is 194 g/mol. The fourth-order valence-corrected chi connectivity index (χ4v) is 0.917. The molecule has 13 heavy (non-hydrogen) atoms. The third-order valence-electron chi connectivity index (χ3n) is 1.58. The van der Waals surface area contributed by atoms with Crippen LogP contribution in [0.5, 0.6) is 0 Å². The molecule has 76 valence electrons. The number of halogens is 3. The second-order valence-corrected chi connectivity index (χ2v) is 3.16. The van der Waals surface area contributed by atoms with Gasteiger partial charge in [0, 0.05) is 13.1 Å². The maximum atomic E-state index is 11.7. The average Bonchev–Trinajstić information content (AvgIpc) is 1.99. The Morgan fingerprint density at radius 1 is 1.46 bits per heavy atom. The zero-order valence-corrected chi connectivity index (χ0v) is 7.73. The summed E-state index contributed by atoms with van der Waals surface area (Å²) in [7, 11) is 1.58. The van der Waals surface area contributed by atoms with E-state index in [1.165, 1.54) is 4.90 Å². The highest BCUT2D eigenvalue weighted by Gasteiger charge is 2.27. The van der Waals surface area contributed by atoms with E-state index in [-0.39, 0.29) is 12.5 Å². The molecule has 0 spiro atoms. The van der Waals surface area contributed by atoms with Gasteiger partial charge < -0.3 is 4.90 Å². The molecule has 1 atom stereocenters. The van der Waals surface area contributed by atoms with E-state index in [0.717, 1.165) is 0 Å². The van der Waals surface area contributed by atoms with Gasteiger partial charge in [-0.3, -0.25) is 0 Å². The summed E-state index contributed by atoms with van der Waals surface area (Å²) in [6.07, 6.45) is -4.92. The minimum atomic E-state index is -4.11. The summed E-state index contributed by atoms with van der Waals surface area (Å²) in [4.78, 5) is 1.52. The molecule has 0 radical (unpaired) electrons. The van der Waals surface area contributed by atoms with Crippen molar-refractivity contribution in [2.45, 2.75) is 19.5 Å². The van der Waals surface area contributed by atoms with Crippen LogP contribution < -0.4 is 0 Å². The molecular weight excluding hydrogens is 181 g/mol. The van der Waals surface area contributed by atoms with Gasteiger partial charge >= 0.3 is 6.18 Å². The molecule has 0 aromatic rings. The van der Waals surface area contributed by atoms with Crippen molar-refractivity contribution in [3.05, 3.63) is 0 Å². The van der Waals surface area contributed by atoms with E-state index in [1.807, 2.05) is 6.07 Å². The quantitative estimate of drug-likeness (QED) is 0.684. The second-order valence-electron chi connectivity index (χ2n) is 3.16. The molecule has 0 fully saturated rings. The lowest BCUT2D eigenvalue weighted by Crippen LogP contribution is -2.28. The van der Waals surface area contributed by atoms with E-state index in [9.17, 15) is 13.2 Å². The summed E-state index contributed by atoms with van der Waals surface area (Å²) >= 11 is 0. The SMILES string of the molecule is CC(C#N)CN(C)CCC(F)(F)F. The number of hydrogen-bond acceptors (Lipinski definition) is 2. The molecule has 0 aliphatic carbocycles. The van der Waals surface area contributed by atoms with Crippen molar-refractivity contribution in [2.24, 2.45) is 5.92 Å². The lowest BCUT2D eigenvalue weighted by Gasteiger charge is -2.18. The van der Waals surface area contributed by atoms with E-state index < -0.39 is 12.6 Å². The van der Waals surface area contributed by atoms with Crippen molar-refractivity contribution in [2.75, 3.05) is 20.1 Å². The van der Waals surface area contributed by atoms with Gasteiger partial charge in [-0.25, -0.2) is 0 Å². The van der Waals surface area contributed by atoms with Crippen molar-refractivity contribution >= 4 is 0 Å². The topological polar surface area (TPSA) is 27.0 Å². The summed E-state index contributed by atoms with van der Waals surface area (Å²) < 4.78 is 35.2. The van der Waals surface area contributed by atoms with E-state index in [2.05, 4.69) is 0 Å². The van der Waals surface area contributed by atoms with E-state index in [1.54, 1.807) is 14.0 Å². The molecule has 1 unspecified atom stereocenters. The van der Waals surface area contributed by atoms with Gasteiger partial charge in [0.25, 0.3) is 0 Å². The molecule has 0 N–H and O–H groups in total. The summed E-state index contributed by atoms with van der Waals surface area (Å²) in [6, 6.07) is 1.97. The third-order valence-corrected chi connectivity index (χ3v) is 1.58. The molecule has 0 bridgehead atoms. The summed E-state index contributed by atoms with van der Waals surface area (Å²) in [5, 5.41) is 8.41. The van der Waals surface area contributed by atoms with Gasteiger partial charge in [-0.2, -0.15) is 18.4 Å². The van der Waals surface area contributed by atoms with Crippen molar-refractivity contribution < 1.29 is 13.2 Å².